The van der Waals surface area contributed by atoms with E-state index in [4.69, 9.17) is 9.47 Å². The summed E-state index contributed by atoms with van der Waals surface area (Å²) in [5.41, 5.74) is -0.440. The molecule has 1 amide bonds. The van der Waals surface area contributed by atoms with E-state index in [9.17, 15) is 4.79 Å². The molecule has 0 saturated carbocycles. The number of piperazine rings is 1. The summed E-state index contributed by atoms with van der Waals surface area (Å²) in [6.45, 7) is 10.6. The number of rotatable bonds is 4. The molecule has 3 rings (SSSR count). The summed E-state index contributed by atoms with van der Waals surface area (Å²) in [7, 11) is 1.81. The molecule has 0 aromatic rings. The van der Waals surface area contributed by atoms with Crippen molar-refractivity contribution in [2.24, 2.45) is 4.99 Å². The lowest BCUT2D eigenvalue weighted by Gasteiger charge is -2.35. The molecule has 0 aromatic heterocycles. The molecule has 3 aliphatic heterocycles. The highest BCUT2D eigenvalue weighted by molar-refractivity contribution is 5.80. The molecule has 3 aliphatic rings. The lowest BCUT2D eigenvalue weighted by molar-refractivity contribution is 0.0147. The van der Waals surface area contributed by atoms with E-state index in [2.05, 4.69) is 20.5 Å². The van der Waals surface area contributed by atoms with Crippen LogP contribution in [0.3, 0.4) is 0 Å². The highest BCUT2D eigenvalue weighted by atomic mass is 16.6. The molecule has 3 saturated heterocycles. The molecule has 0 spiro atoms. The molecular weight excluding hydrogens is 346 g/mol. The normalized spacial score (nSPS) is 29.1. The van der Waals surface area contributed by atoms with Gasteiger partial charge in [-0.1, -0.05) is 0 Å². The summed E-state index contributed by atoms with van der Waals surface area (Å²) in [4.78, 5) is 20.6. The van der Waals surface area contributed by atoms with Gasteiger partial charge in [-0.05, 0) is 40.0 Å². The molecule has 0 radical (unpaired) electrons. The molecular formula is C19H35N5O3. The van der Waals surface area contributed by atoms with Gasteiger partial charge in [-0.15, -0.1) is 0 Å². The third-order valence-corrected chi connectivity index (χ3v) is 5.40. The summed E-state index contributed by atoms with van der Waals surface area (Å²) >= 11 is 0. The van der Waals surface area contributed by atoms with E-state index in [1.54, 1.807) is 4.90 Å². The van der Waals surface area contributed by atoms with Crippen molar-refractivity contribution in [3.05, 3.63) is 0 Å². The fourth-order valence-corrected chi connectivity index (χ4v) is 3.97. The van der Waals surface area contributed by atoms with Gasteiger partial charge in [0.15, 0.2) is 5.96 Å². The fraction of sp³-hybridized carbons (Fsp3) is 0.895. The monoisotopic (exact) mass is 381 g/mol. The predicted molar refractivity (Wildman–Crippen MR) is 105 cm³/mol. The van der Waals surface area contributed by atoms with Gasteiger partial charge in [-0.3, -0.25) is 9.89 Å². The maximum Gasteiger partial charge on any atom is 0.410 e. The number of aliphatic imine (C=N–C) groups is 1. The number of fused-ring (bicyclic) bond motifs is 2. The van der Waals surface area contributed by atoms with Crippen molar-refractivity contribution in [1.82, 2.24) is 20.4 Å². The number of nitrogens with zero attached hydrogens (tertiary/aromatic N) is 3. The van der Waals surface area contributed by atoms with Crippen LogP contribution in [-0.2, 0) is 9.47 Å². The molecule has 3 heterocycles. The Bertz CT molecular complexity index is 540. The second-order valence-electron chi connectivity index (χ2n) is 8.67. The van der Waals surface area contributed by atoms with Crippen molar-refractivity contribution < 1.29 is 14.3 Å². The molecule has 0 aromatic carbocycles. The topological polar surface area (TPSA) is 78.4 Å². The van der Waals surface area contributed by atoms with Crippen LogP contribution >= 0.6 is 0 Å². The Labute approximate surface area is 162 Å². The zero-order valence-electron chi connectivity index (χ0n) is 17.2. The van der Waals surface area contributed by atoms with Crippen LogP contribution in [0.5, 0.6) is 0 Å². The van der Waals surface area contributed by atoms with Crippen molar-refractivity contribution >= 4 is 12.1 Å². The smallest absolute Gasteiger partial charge is 0.410 e. The first kappa shape index (κ1) is 20.2. The van der Waals surface area contributed by atoms with Gasteiger partial charge in [-0.25, -0.2) is 4.79 Å². The molecule has 8 nitrogen and oxygen atoms in total. The summed E-state index contributed by atoms with van der Waals surface area (Å²) in [6.07, 6.45) is 4.00. The number of guanidine groups is 1. The van der Waals surface area contributed by atoms with Gasteiger partial charge in [0, 0.05) is 46.3 Å². The largest absolute Gasteiger partial charge is 0.444 e. The molecule has 154 valence electrons. The van der Waals surface area contributed by atoms with Crippen LogP contribution in [0, 0.1) is 0 Å². The number of hydrogen-bond donors (Lipinski definition) is 2. The van der Waals surface area contributed by atoms with Crippen molar-refractivity contribution in [3.8, 4) is 0 Å². The van der Waals surface area contributed by atoms with E-state index in [1.165, 1.54) is 6.42 Å². The SMILES string of the molecule is CN=C(NCCN1CCN(C(=O)OC(C)(C)C)CC1)NC1CC2CCC1O2. The number of carbonyl (C=O) groups is 1. The Morgan fingerprint density at radius 3 is 2.52 bits per heavy atom. The minimum Gasteiger partial charge on any atom is -0.444 e. The summed E-state index contributed by atoms with van der Waals surface area (Å²) in [6, 6.07) is 0.382. The Morgan fingerprint density at radius 2 is 1.96 bits per heavy atom. The summed E-state index contributed by atoms with van der Waals surface area (Å²) in [5.74, 6) is 0.851. The fourth-order valence-electron chi connectivity index (χ4n) is 3.97. The zero-order valence-corrected chi connectivity index (χ0v) is 17.2. The van der Waals surface area contributed by atoms with Gasteiger partial charge in [0.2, 0.25) is 0 Å². The van der Waals surface area contributed by atoms with E-state index < -0.39 is 5.60 Å². The van der Waals surface area contributed by atoms with Gasteiger partial charge in [0.25, 0.3) is 0 Å². The average molecular weight is 382 g/mol. The lowest BCUT2D eigenvalue weighted by Crippen LogP contribution is -2.52. The summed E-state index contributed by atoms with van der Waals surface area (Å²) < 4.78 is 11.3. The van der Waals surface area contributed by atoms with Gasteiger partial charge in [0.05, 0.1) is 18.2 Å². The van der Waals surface area contributed by atoms with Crippen molar-refractivity contribution in [2.45, 2.75) is 63.9 Å². The maximum absolute atomic E-state index is 12.1. The molecule has 8 heteroatoms. The van der Waals surface area contributed by atoms with Crippen molar-refractivity contribution in [1.29, 1.82) is 0 Å². The van der Waals surface area contributed by atoms with Gasteiger partial charge in [-0.2, -0.15) is 0 Å². The molecule has 2 N–H and O–H groups in total. The molecule has 3 unspecified atom stereocenters. The highest BCUT2D eigenvalue weighted by Gasteiger charge is 2.41. The van der Waals surface area contributed by atoms with Crippen LogP contribution in [0.2, 0.25) is 0 Å². The van der Waals surface area contributed by atoms with Gasteiger partial charge in [0.1, 0.15) is 5.60 Å². The third kappa shape index (κ3) is 5.72. The van der Waals surface area contributed by atoms with Gasteiger partial charge >= 0.3 is 6.09 Å². The van der Waals surface area contributed by atoms with Crippen LogP contribution in [0.25, 0.3) is 0 Å². The van der Waals surface area contributed by atoms with Crippen LogP contribution in [0.1, 0.15) is 40.0 Å². The lowest BCUT2D eigenvalue weighted by atomic mass is 9.96. The van der Waals surface area contributed by atoms with Crippen LogP contribution in [0.4, 0.5) is 4.79 Å². The molecule has 3 fully saturated rings. The Kier molecular flexibility index (Phi) is 6.47. The third-order valence-electron chi connectivity index (χ3n) is 5.40. The first-order valence-electron chi connectivity index (χ1n) is 10.2. The van der Waals surface area contributed by atoms with Crippen molar-refractivity contribution in [3.63, 3.8) is 0 Å². The second-order valence-corrected chi connectivity index (χ2v) is 8.67. The number of amides is 1. The van der Waals surface area contributed by atoms with Crippen molar-refractivity contribution in [2.75, 3.05) is 46.3 Å². The molecule has 0 aliphatic carbocycles. The van der Waals surface area contributed by atoms with E-state index >= 15 is 0 Å². The Balaban J connectivity index is 1.32. The van der Waals surface area contributed by atoms with E-state index in [0.29, 0.717) is 31.3 Å². The minimum atomic E-state index is -0.440. The highest BCUT2D eigenvalue weighted by Crippen LogP contribution is 2.34. The maximum atomic E-state index is 12.1. The number of ether oxygens (including phenoxy) is 2. The van der Waals surface area contributed by atoms with Crippen LogP contribution < -0.4 is 10.6 Å². The number of carbonyl (C=O) groups excluding carboxylic acids is 1. The quantitative estimate of drug-likeness (QED) is 0.559. The minimum absolute atomic E-state index is 0.210. The number of hydrogen-bond acceptors (Lipinski definition) is 5. The van der Waals surface area contributed by atoms with Crippen LogP contribution in [-0.4, -0.2) is 92.0 Å². The van der Waals surface area contributed by atoms with E-state index in [0.717, 1.165) is 45.0 Å². The molecule has 27 heavy (non-hydrogen) atoms. The Hall–Kier alpha value is -1.54. The average Bonchev–Trinajstić information content (AvgIpc) is 3.23. The van der Waals surface area contributed by atoms with E-state index in [-0.39, 0.29) is 6.09 Å². The number of nitrogens with one attached hydrogen (secondary N) is 2. The van der Waals surface area contributed by atoms with Crippen LogP contribution in [0.15, 0.2) is 4.99 Å². The summed E-state index contributed by atoms with van der Waals surface area (Å²) in [5, 5.41) is 6.91. The second kappa shape index (κ2) is 8.65. The standard InChI is InChI=1S/C19H35N5O3/c1-19(2,3)27-18(25)24-11-9-23(10-12-24)8-7-21-17(20-4)22-15-13-14-5-6-16(15)26-14/h14-16H,5-13H2,1-4H3,(H2,20,21,22). The first-order chi connectivity index (χ1) is 12.8. The van der Waals surface area contributed by atoms with E-state index in [1.807, 2.05) is 27.8 Å². The molecule has 2 bridgehead atoms. The first-order valence-corrected chi connectivity index (χ1v) is 10.2. The van der Waals surface area contributed by atoms with Gasteiger partial charge < -0.3 is 25.0 Å². The molecule has 3 atom stereocenters. The predicted octanol–water partition coefficient (Wildman–Crippen LogP) is 1.02. The Morgan fingerprint density at radius 1 is 1.22 bits per heavy atom. The zero-order chi connectivity index (χ0) is 19.4.